The lowest BCUT2D eigenvalue weighted by atomic mass is 11.2. The smallest absolute Gasteiger partial charge is 0.373 e. The molecule has 1 aliphatic rings. The van der Waals surface area contributed by atoms with E-state index >= 15 is 0 Å². The van der Waals surface area contributed by atoms with E-state index in [1.807, 2.05) is 13.1 Å². The SMILES string of the molecule is C=C[Si]1(C=C)O[SiH2]O[Si](C)(C)O1. The predicted molar refractivity (Wildman–Crippen MR) is 55.4 cm³/mol. The molecule has 12 heavy (non-hydrogen) atoms. The van der Waals surface area contributed by atoms with Gasteiger partial charge in [0.15, 0.2) is 0 Å². The first-order chi connectivity index (χ1) is 5.54. The Bertz CT molecular complexity index is 196. The summed E-state index contributed by atoms with van der Waals surface area (Å²) in [5.74, 6) is 0. The molecule has 0 aromatic heterocycles. The van der Waals surface area contributed by atoms with Gasteiger partial charge >= 0.3 is 17.1 Å². The van der Waals surface area contributed by atoms with Crippen molar-refractivity contribution in [1.29, 1.82) is 0 Å². The highest BCUT2D eigenvalue weighted by Crippen LogP contribution is 2.22. The van der Waals surface area contributed by atoms with Gasteiger partial charge < -0.3 is 12.3 Å². The molecule has 0 unspecified atom stereocenters. The predicted octanol–water partition coefficient (Wildman–Crippen LogP) is 0.643. The molecule has 0 aromatic carbocycles. The van der Waals surface area contributed by atoms with E-state index in [1.165, 1.54) is 0 Å². The molecule has 0 bridgehead atoms. The Kier molecular flexibility index (Phi) is 2.86. The fourth-order valence-electron chi connectivity index (χ4n) is 0.991. The van der Waals surface area contributed by atoms with Gasteiger partial charge in [0.05, 0.1) is 0 Å². The van der Waals surface area contributed by atoms with E-state index in [0.717, 1.165) is 0 Å². The first-order valence-electron chi connectivity index (χ1n) is 3.79. The molecule has 1 aliphatic heterocycles. The van der Waals surface area contributed by atoms with Crippen LogP contribution in [-0.4, -0.2) is 27.1 Å². The maximum Gasteiger partial charge on any atom is 0.373 e. The Morgan fingerprint density at radius 1 is 1.17 bits per heavy atom. The van der Waals surface area contributed by atoms with Gasteiger partial charge in [0, 0.05) is 0 Å². The van der Waals surface area contributed by atoms with Gasteiger partial charge in [-0.3, -0.25) is 0 Å². The first kappa shape index (κ1) is 10.1. The maximum atomic E-state index is 5.79. The fraction of sp³-hybridized carbons (Fsp3) is 0.333. The topological polar surface area (TPSA) is 27.7 Å². The van der Waals surface area contributed by atoms with Gasteiger partial charge in [-0.2, -0.15) is 0 Å². The largest absolute Gasteiger partial charge is 0.420 e. The van der Waals surface area contributed by atoms with Gasteiger partial charge in [-0.15, -0.1) is 13.2 Å². The zero-order chi connectivity index (χ0) is 9.24. The molecule has 0 spiro atoms. The first-order valence-corrected chi connectivity index (χ1v) is 9.73. The minimum absolute atomic E-state index is 0.866. The summed E-state index contributed by atoms with van der Waals surface area (Å²) >= 11 is 0. The van der Waals surface area contributed by atoms with Crippen LogP contribution in [0.3, 0.4) is 0 Å². The van der Waals surface area contributed by atoms with Crippen LogP contribution in [0.2, 0.25) is 13.1 Å². The van der Waals surface area contributed by atoms with Crippen LogP contribution < -0.4 is 0 Å². The molecule has 0 saturated carbocycles. The van der Waals surface area contributed by atoms with E-state index < -0.39 is 27.1 Å². The Labute approximate surface area is 77.6 Å². The van der Waals surface area contributed by atoms with Gasteiger partial charge in [0.1, 0.15) is 0 Å². The highest BCUT2D eigenvalue weighted by molar-refractivity contribution is 6.91. The monoisotopic (exact) mass is 218 g/mol. The standard InChI is InChI=1S/C6H14O3Si3/c1-5-12(6-2)8-10-7-11(3,4)9-12/h5-6H,1-2,10H2,3-4H3. The minimum atomic E-state index is -2.24. The van der Waals surface area contributed by atoms with Crippen LogP contribution in [-0.2, 0) is 12.3 Å². The van der Waals surface area contributed by atoms with Crippen LogP contribution in [0.15, 0.2) is 24.6 Å². The zero-order valence-corrected chi connectivity index (χ0v) is 10.9. The molecular weight excluding hydrogens is 204 g/mol. The Balaban J connectivity index is 2.79. The van der Waals surface area contributed by atoms with Crippen LogP contribution in [0.5, 0.6) is 0 Å². The lowest BCUT2D eigenvalue weighted by molar-refractivity contribution is 0.279. The van der Waals surface area contributed by atoms with Crippen LogP contribution in [0.25, 0.3) is 0 Å². The maximum absolute atomic E-state index is 5.79. The Morgan fingerprint density at radius 2 is 1.75 bits per heavy atom. The van der Waals surface area contributed by atoms with Gasteiger partial charge in [-0.1, -0.05) is 0 Å². The summed E-state index contributed by atoms with van der Waals surface area (Å²) in [5, 5.41) is 0. The van der Waals surface area contributed by atoms with E-state index in [1.54, 1.807) is 11.4 Å². The van der Waals surface area contributed by atoms with Crippen LogP contribution >= 0.6 is 0 Å². The molecule has 0 atom stereocenters. The summed E-state index contributed by atoms with van der Waals surface area (Å²) in [6, 6.07) is 0. The summed E-state index contributed by atoms with van der Waals surface area (Å²) in [6.07, 6.45) is 0. The van der Waals surface area contributed by atoms with Crippen molar-refractivity contribution in [3.8, 4) is 0 Å². The van der Waals surface area contributed by atoms with Crippen molar-refractivity contribution in [2.75, 3.05) is 0 Å². The Hall–Kier alpha value is 0.0106. The molecule has 68 valence electrons. The Morgan fingerprint density at radius 3 is 2.08 bits per heavy atom. The lowest BCUT2D eigenvalue weighted by Gasteiger charge is -2.38. The van der Waals surface area contributed by atoms with Gasteiger partial charge in [-0.05, 0) is 24.5 Å². The van der Waals surface area contributed by atoms with E-state index in [2.05, 4.69) is 13.2 Å². The van der Waals surface area contributed by atoms with E-state index in [-0.39, 0.29) is 0 Å². The van der Waals surface area contributed by atoms with Crippen LogP contribution in [0.1, 0.15) is 0 Å². The average Bonchev–Trinajstić information content (AvgIpc) is 2.02. The number of hydrogen-bond acceptors (Lipinski definition) is 3. The normalized spacial score (nSPS) is 28.2. The van der Waals surface area contributed by atoms with Gasteiger partial charge in [0.25, 0.3) is 10.0 Å². The number of hydrogen-bond donors (Lipinski definition) is 0. The second kappa shape index (κ2) is 3.40. The summed E-state index contributed by atoms with van der Waals surface area (Å²) in [7, 11) is -5.02. The van der Waals surface area contributed by atoms with Crippen molar-refractivity contribution in [3.63, 3.8) is 0 Å². The van der Waals surface area contributed by atoms with Crippen molar-refractivity contribution >= 4 is 27.1 Å². The summed E-state index contributed by atoms with van der Waals surface area (Å²) in [5.41, 5.74) is 3.54. The zero-order valence-electron chi connectivity index (χ0n) is 7.50. The molecule has 6 heteroatoms. The van der Waals surface area contributed by atoms with Crippen LogP contribution in [0, 0.1) is 0 Å². The quantitative estimate of drug-likeness (QED) is 0.637. The lowest BCUT2D eigenvalue weighted by Crippen LogP contribution is -2.57. The molecule has 1 heterocycles. The third-order valence-electron chi connectivity index (χ3n) is 1.67. The number of rotatable bonds is 2. The molecule has 0 aliphatic carbocycles. The van der Waals surface area contributed by atoms with Crippen molar-refractivity contribution in [1.82, 2.24) is 0 Å². The molecule has 1 rings (SSSR count). The third-order valence-corrected chi connectivity index (χ3v) is 11.6. The molecule has 3 nitrogen and oxygen atoms in total. The molecule has 0 N–H and O–H groups in total. The van der Waals surface area contributed by atoms with E-state index in [9.17, 15) is 0 Å². The van der Waals surface area contributed by atoms with Crippen molar-refractivity contribution in [2.24, 2.45) is 0 Å². The molecule has 1 saturated heterocycles. The fourth-order valence-corrected chi connectivity index (χ4v) is 10.0. The molecule has 0 radical (unpaired) electrons. The second-order valence-corrected chi connectivity index (χ2v) is 11.5. The summed E-state index contributed by atoms with van der Waals surface area (Å²) in [4.78, 5) is 0. The summed E-state index contributed by atoms with van der Waals surface area (Å²) in [6.45, 7) is 11.5. The van der Waals surface area contributed by atoms with Gasteiger partial charge in [0.2, 0.25) is 0 Å². The van der Waals surface area contributed by atoms with Crippen molar-refractivity contribution in [2.45, 2.75) is 13.1 Å². The molecule has 0 aromatic rings. The van der Waals surface area contributed by atoms with Crippen molar-refractivity contribution in [3.05, 3.63) is 24.6 Å². The molecule has 0 amide bonds. The second-order valence-electron chi connectivity index (χ2n) is 3.04. The third kappa shape index (κ3) is 2.03. The molecule has 1 fully saturated rings. The van der Waals surface area contributed by atoms with Crippen molar-refractivity contribution < 1.29 is 12.3 Å². The summed E-state index contributed by atoms with van der Waals surface area (Å²) < 4.78 is 16.8. The highest BCUT2D eigenvalue weighted by atomic mass is 28.5. The molecular formula is C6H14O3Si3. The average molecular weight is 218 g/mol. The highest BCUT2D eigenvalue weighted by Gasteiger charge is 2.43. The minimum Gasteiger partial charge on any atom is -0.420 e. The van der Waals surface area contributed by atoms with E-state index in [0.29, 0.717) is 0 Å². The van der Waals surface area contributed by atoms with Crippen LogP contribution in [0.4, 0.5) is 0 Å². The van der Waals surface area contributed by atoms with E-state index in [4.69, 9.17) is 12.3 Å². The van der Waals surface area contributed by atoms with Gasteiger partial charge in [-0.25, -0.2) is 0 Å².